The lowest BCUT2D eigenvalue weighted by molar-refractivity contribution is -0.114. The van der Waals surface area contributed by atoms with Crippen molar-refractivity contribution in [1.29, 1.82) is 0 Å². The van der Waals surface area contributed by atoms with Crippen LogP contribution in [0.1, 0.15) is 70.3 Å². The number of carbonyl (C=O) groups is 1. The fourth-order valence-electron chi connectivity index (χ4n) is 7.51. The number of aliphatic hydroxyl groups excluding tert-OH is 1. The Morgan fingerprint density at radius 2 is 1.87 bits per heavy atom. The van der Waals surface area contributed by atoms with E-state index in [4.69, 9.17) is 0 Å². The summed E-state index contributed by atoms with van der Waals surface area (Å²) in [7, 11) is 4.16. The molecule has 0 amide bonds. The van der Waals surface area contributed by atoms with Crippen molar-refractivity contribution in [1.82, 2.24) is 0 Å². The number of allylic oxidation sites excluding steroid dienone is 4. The maximum Gasteiger partial charge on any atom is 0.156 e. The number of fused-ring (bicyclic) bond motifs is 4. The topological polar surface area (TPSA) is 40.5 Å². The average Bonchev–Trinajstić information content (AvgIpc) is 3.03. The Balaban J connectivity index is 1.64. The van der Waals surface area contributed by atoms with Crippen LogP contribution in [-0.2, 0) is 4.79 Å². The zero-order valence-corrected chi connectivity index (χ0v) is 19.5. The smallest absolute Gasteiger partial charge is 0.156 e. The van der Waals surface area contributed by atoms with Crippen LogP contribution in [0.5, 0.6) is 0 Å². The van der Waals surface area contributed by atoms with Gasteiger partial charge in [0.25, 0.3) is 0 Å². The molecule has 0 heterocycles. The first-order valence-electron chi connectivity index (χ1n) is 12.3. The highest BCUT2D eigenvalue weighted by molar-refractivity contribution is 5.93. The predicted molar refractivity (Wildman–Crippen MR) is 126 cm³/mol. The van der Waals surface area contributed by atoms with E-state index in [0.717, 1.165) is 38.5 Å². The number of benzene rings is 1. The molecular formula is C28H37NO2. The third kappa shape index (κ3) is 3.23. The number of ketones is 1. The molecule has 0 aromatic heterocycles. The van der Waals surface area contributed by atoms with Gasteiger partial charge in [-0.1, -0.05) is 38.0 Å². The Morgan fingerprint density at radius 3 is 2.55 bits per heavy atom. The van der Waals surface area contributed by atoms with Crippen molar-refractivity contribution >= 4 is 11.5 Å². The number of hydrogen-bond donors (Lipinski definition) is 1. The van der Waals surface area contributed by atoms with E-state index in [1.54, 1.807) is 5.57 Å². The zero-order valence-electron chi connectivity index (χ0n) is 19.5. The summed E-state index contributed by atoms with van der Waals surface area (Å²) in [5.41, 5.74) is 7.00. The molecule has 2 fully saturated rings. The molecule has 1 N–H and O–H groups in total. The molecule has 4 aliphatic rings. The van der Waals surface area contributed by atoms with Gasteiger partial charge in [0.2, 0.25) is 0 Å². The molecule has 3 heteroatoms. The van der Waals surface area contributed by atoms with Crippen molar-refractivity contribution in [2.45, 2.75) is 70.8 Å². The Hall–Kier alpha value is -1.87. The van der Waals surface area contributed by atoms with Crippen LogP contribution >= 0.6 is 0 Å². The molecule has 2 saturated carbocycles. The molecule has 5 rings (SSSR count). The highest BCUT2D eigenvalue weighted by Gasteiger charge is 2.58. The molecule has 4 aliphatic carbocycles. The minimum atomic E-state index is -0.206. The van der Waals surface area contributed by atoms with Crippen molar-refractivity contribution in [2.75, 3.05) is 19.0 Å². The molecule has 166 valence electrons. The van der Waals surface area contributed by atoms with Crippen LogP contribution in [-0.4, -0.2) is 31.1 Å². The van der Waals surface area contributed by atoms with Crippen LogP contribution in [0.3, 0.4) is 0 Å². The number of hydrogen-bond acceptors (Lipinski definition) is 3. The van der Waals surface area contributed by atoms with E-state index in [2.05, 4.69) is 57.1 Å². The van der Waals surface area contributed by atoms with Gasteiger partial charge in [0.1, 0.15) is 0 Å². The Kier molecular flexibility index (Phi) is 5.16. The maximum absolute atomic E-state index is 12.2. The lowest BCUT2D eigenvalue weighted by Crippen LogP contribution is -2.45. The molecule has 1 aromatic rings. The van der Waals surface area contributed by atoms with Crippen molar-refractivity contribution in [2.24, 2.45) is 23.2 Å². The summed E-state index contributed by atoms with van der Waals surface area (Å²) < 4.78 is 0. The van der Waals surface area contributed by atoms with E-state index in [9.17, 15) is 9.90 Å². The van der Waals surface area contributed by atoms with Gasteiger partial charge in [0.15, 0.2) is 5.78 Å². The van der Waals surface area contributed by atoms with Gasteiger partial charge in [-0.15, -0.1) is 0 Å². The standard InChI is InChI=1S/C28H37NO2/c1-5-17-15-25-23-12-8-19-14-21(30)11-13-22(19)26(23)24(16-28(25,2)27(17)31)18-6-9-20(10-7-18)29(3)4/h6-7,9-10,14,17,23-25,27,31H,5,8,11-13,15-16H2,1-4H3. The number of aliphatic hydroxyl groups is 1. The van der Waals surface area contributed by atoms with Crippen LogP contribution < -0.4 is 4.90 Å². The zero-order chi connectivity index (χ0) is 21.9. The second kappa shape index (κ2) is 7.62. The highest BCUT2D eigenvalue weighted by Crippen LogP contribution is 2.65. The SMILES string of the molecule is CCC1CC2C3CCC4=CC(=O)CCC4=C3C(c3ccc(N(C)C)cc3)CC2(C)C1O. The summed E-state index contributed by atoms with van der Waals surface area (Å²) in [6, 6.07) is 9.07. The van der Waals surface area contributed by atoms with Crippen molar-refractivity contribution < 1.29 is 9.90 Å². The van der Waals surface area contributed by atoms with Gasteiger partial charge in [0.05, 0.1) is 6.10 Å². The molecule has 3 nitrogen and oxygen atoms in total. The molecule has 0 saturated heterocycles. The molecule has 6 atom stereocenters. The molecular weight excluding hydrogens is 382 g/mol. The Labute approximate surface area is 187 Å². The summed E-state index contributed by atoms with van der Waals surface area (Å²) in [6.07, 6.45) is 8.70. The van der Waals surface area contributed by atoms with Gasteiger partial charge < -0.3 is 10.0 Å². The van der Waals surface area contributed by atoms with Crippen molar-refractivity contribution in [3.63, 3.8) is 0 Å². The number of anilines is 1. The second-order valence-corrected chi connectivity index (χ2v) is 10.9. The highest BCUT2D eigenvalue weighted by atomic mass is 16.3. The molecule has 0 radical (unpaired) electrons. The van der Waals surface area contributed by atoms with E-state index < -0.39 is 0 Å². The lowest BCUT2D eigenvalue weighted by Gasteiger charge is -2.52. The summed E-state index contributed by atoms with van der Waals surface area (Å²) in [6.45, 7) is 4.61. The number of nitrogens with zero attached hydrogens (tertiary/aromatic N) is 1. The quantitative estimate of drug-likeness (QED) is 0.688. The minimum Gasteiger partial charge on any atom is -0.392 e. The molecule has 0 bridgehead atoms. The first kappa shape index (κ1) is 21.0. The minimum absolute atomic E-state index is 0.0218. The fourth-order valence-corrected chi connectivity index (χ4v) is 7.51. The largest absolute Gasteiger partial charge is 0.392 e. The van der Waals surface area contributed by atoms with Gasteiger partial charge in [-0.2, -0.15) is 0 Å². The number of carbonyl (C=O) groups excluding carboxylic acids is 1. The van der Waals surface area contributed by atoms with E-state index in [0.29, 0.717) is 35.9 Å². The predicted octanol–water partition coefficient (Wildman–Crippen LogP) is 5.65. The third-order valence-electron chi connectivity index (χ3n) is 9.18. The third-order valence-corrected chi connectivity index (χ3v) is 9.18. The fraction of sp³-hybridized carbons (Fsp3) is 0.607. The van der Waals surface area contributed by atoms with Crippen molar-refractivity contribution in [3.8, 4) is 0 Å². The van der Waals surface area contributed by atoms with Crippen LogP contribution in [0.25, 0.3) is 0 Å². The van der Waals surface area contributed by atoms with Gasteiger partial charge >= 0.3 is 0 Å². The Bertz CT molecular complexity index is 940. The maximum atomic E-state index is 12.2. The average molecular weight is 420 g/mol. The van der Waals surface area contributed by atoms with Gasteiger partial charge in [-0.05, 0) is 90.2 Å². The summed E-state index contributed by atoms with van der Waals surface area (Å²) in [5.74, 6) is 2.17. The van der Waals surface area contributed by atoms with Crippen LogP contribution in [0.2, 0.25) is 0 Å². The van der Waals surface area contributed by atoms with E-state index in [-0.39, 0.29) is 11.5 Å². The van der Waals surface area contributed by atoms with E-state index in [1.165, 1.54) is 22.4 Å². The Morgan fingerprint density at radius 1 is 1.13 bits per heavy atom. The second-order valence-electron chi connectivity index (χ2n) is 10.9. The summed E-state index contributed by atoms with van der Waals surface area (Å²) in [5, 5.41) is 11.4. The van der Waals surface area contributed by atoms with E-state index in [1.807, 2.05) is 6.08 Å². The molecule has 31 heavy (non-hydrogen) atoms. The summed E-state index contributed by atoms with van der Waals surface area (Å²) >= 11 is 0. The van der Waals surface area contributed by atoms with Gasteiger partial charge in [-0.3, -0.25) is 4.79 Å². The number of rotatable bonds is 3. The summed E-state index contributed by atoms with van der Waals surface area (Å²) in [4.78, 5) is 14.3. The van der Waals surface area contributed by atoms with Crippen LogP contribution in [0, 0.1) is 23.2 Å². The normalized spacial score (nSPS) is 37.1. The molecule has 1 aromatic carbocycles. The van der Waals surface area contributed by atoms with Gasteiger partial charge in [-0.25, -0.2) is 0 Å². The van der Waals surface area contributed by atoms with Crippen molar-refractivity contribution in [3.05, 3.63) is 52.6 Å². The van der Waals surface area contributed by atoms with Crippen LogP contribution in [0.15, 0.2) is 47.1 Å². The van der Waals surface area contributed by atoms with Crippen LogP contribution in [0.4, 0.5) is 5.69 Å². The molecule has 0 spiro atoms. The van der Waals surface area contributed by atoms with Gasteiger partial charge in [0, 0.05) is 32.1 Å². The molecule has 6 unspecified atom stereocenters. The molecule has 0 aliphatic heterocycles. The lowest BCUT2D eigenvalue weighted by atomic mass is 9.53. The monoisotopic (exact) mass is 419 g/mol. The first-order valence-corrected chi connectivity index (χ1v) is 12.3. The first-order chi connectivity index (χ1) is 14.8. The van der Waals surface area contributed by atoms with E-state index >= 15 is 0 Å².